The third-order valence-corrected chi connectivity index (χ3v) is 5.71. The first kappa shape index (κ1) is 13.5. The monoisotopic (exact) mass is 243 g/mol. The molecule has 0 aliphatic heterocycles. The second-order valence-corrected chi connectivity index (χ2v) is 6.97. The molecule has 0 N–H and O–H groups in total. The molecule has 2 atom stereocenters. The molecule has 0 spiro atoms. The van der Waals surface area contributed by atoms with Crippen molar-refractivity contribution in [3.8, 4) is 6.07 Å². The molecule has 1 fully saturated rings. The van der Waals surface area contributed by atoms with E-state index in [2.05, 4.69) is 6.07 Å². The van der Waals surface area contributed by atoms with Crippen LogP contribution in [0.3, 0.4) is 0 Å². The van der Waals surface area contributed by atoms with Crippen LogP contribution in [0.5, 0.6) is 0 Å². The zero-order valence-corrected chi connectivity index (χ0v) is 10.8. The molecule has 1 rings (SSSR count). The lowest BCUT2D eigenvalue weighted by Gasteiger charge is -2.19. The summed E-state index contributed by atoms with van der Waals surface area (Å²) in [6.45, 7) is 1.99. The van der Waals surface area contributed by atoms with Gasteiger partial charge in [0, 0.05) is 0 Å². The standard InChI is InChI=1S/C12H21NO2S/c1-2-3-9-16(14,15)12-8-6-4-5-7-11(12)10-13/h11-12H,2-9H2,1H3. The van der Waals surface area contributed by atoms with Crippen LogP contribution in [0.15, 0.2) is 0 Å². The van der Waals surface area contributed by atoms with Crippen LogP contribution in [-0.2, 0) is 9.84 Å². The molecular weight excluding hydrogens is 222 g/mol. The molecule has 0 heterocycles. The molecule has 0 aromatic heterocycles. The van der Waals surface area contributed by atoms with Crippen molar-refractivity contribution < 1.29 is 8.42 Å². The molecule has 3 nitrogen and oxygen atoms in total. The van der Waals surface area contributed by atoms with E-state index < -0.39 is 15.1 Å². The summed E-state index contributed by atoms with van der Waals surface area (Å²) >= 11 is 0. The van der Waals surface area contributed by atoms with Gasteiger partial charge in [-0.15, -0.1) is 0 Å². The molecule has 0 bridgehead atoms. The summed E-state index contributed by atoms with van der Waals surface area (Å²) in [6.07, 6.45) is 6.07. The highest BCUT2D eigenvalue weighted by Crippen LogP contribution is 2.28. The van der Waals surface area contributed by atoms with Gasteiger partial charge in [0.25, 0.3) is 0 Å². The highest BCUT2D eigenvalue weighted by Gasteiger charge is 2.33. The number of hydrogen-bond donors (Lipinski definition) is 0. The minimum absolute atomic E-state index is 0.256. The van der Waals surface area contributed by atoms with Crippen LogP contribution >= 0.6 is 0 Å². The number of rotatable bonds is 4. The Bertz CT molecular complexity index is 343. The average Bonchev–Trinajstić information content (AvgIpc) is 2.51. The van der Waals surface area contributed by atoms with Crippen molar-refractivity contribution in [2.24, 2.45) is 5.92 Å². The second kappa shape index (κ2) is 6.24. The van der Waals surface area contributed by atoms with E-state index in [9.17, 15) is 8.42 Å². The summed E-state index contributed by atoms with van der Waals surface area (Å²) in [7, 11) is -3.05. The second-order valence-electron chi connectivity index (χ2n) is 4.63. The van der Waals surface area contributed by atoms with E-state index in [4.69, 9.17) is 5.26 Å². The summed E-state index contributed by atoms with van der Waals surface area (Å²) < 4.78 is 24.2. The van der Waals surface area contributed by atoms with Crippen molar-refractivity contribution in [2.75, 3.05) is 5.75 Å². The highest BCUT2D eigenvalue weighted by molar-refractivity contribution is 7.92. The van der Waals surface area contributed by atoms with Crippen LogP contribution in [-0.4, -0.2) is 19.4 Å². The number of unbranched alkanes of at least 4 members (excludes halogenated alkanes) is 1. The Morgan fingerprint density at radius 1 is 1.25 bits per heavy atom. The number of hydrogen-bond acceptors (Lipinski definition) is 3. The van der Waals surface area contributed by atoms with Gasteiger partial charge in [0.1, 0.15) is 0 Å². The van der Waals surface area contributed by atoms with Gasteiger partial charge >= 0.3 is 0 Å². The molecule has 0 amide bonds. The number of nitrogens with zero attached hydrogens (tertiary/aromatic N) is 1. The molecule has 4 heteroatoms. The topological polar surface area (TPSA) is 57.9 Å². The van der Waals surface area contributed by atoms with Crippen molar-refractivity contribution in [1.82, 2.24) is 0 Å². The minimum atomic E-state index is -3.05. The quantitative estimate of drug-likeness (QED) is 0.713. The fourth-order valence-electron chi connectivity index (χ4n) is 2.35. The zero-order chi connectivity index (χ0) is 12.0. The van der Waals surface area contributed by atoms with E-state index in [1.54, 1.807) is 0 Å². The number of sulfone groups is 1. The van der Waals surface area contributed by atoms with Crippen molar-refractivity contribution in [1.29, 1.82) is 5.26 Å². The van der Waals surface area contributed by atoms with Gasteiger partial charge in [0.05, 0.1) is 23.0 Å². The van der Waals surface area contributed by atoms with Gasteiger partial charge < -0.3 is 0 Å². The van der Waals surface area contributed by atoms with Crippen molar-refractivity contribution in [3.05, 3.63) is 0 Å². The Balaban J connectivity index is 2.77. The lowest BCUT2D eigenvalue weighted by molar-refractivity contribution is 0.521. The van der Waals surface area contributed by atoms with Crippen molar-refractivity contribution in [2.45, 2.75) is 57.1 Å². The first-order chi connectivity index (χ1) is 7.61. The normalized spacial score (nSPS) is 27.0. The van der Waals surface area contributed by atoms with Crippen LogP contribution in [0.2, 0.25) is 0 Å². The Morgan fingerprint density at radius 2 is 1.94 bits per heavy atom. The van der Waals surface area contributed by atoms with Gasteiger partial charge in [0.2, 0.25) is 0 Å². The van der Waals surface area contributed by atoms with Crippen LogP contribution in [0.25, 0.3) is 0 Å². The summed E-state index contributed by atoms with van der Waals surface area (Å²) in [6, 6.07) is 2.20. The Labute approximate surface area is 98.8 Å². The van der Waals surface area contributed by atoms with Gasteiger partial charge in [-0.1, -0.05) is 32.6 Å². The van der Waals surface area contributed by atoms with Gasteiger partial charge in [-0.3, -0.25) is 0 Å². The smallest absolute Gasteiger partial charge is 0.154 e. The Kier molecular flexibility index (Phi) is 5.27. The summed E-state index contributed by atoms with van der Waals surface area (Å²) in [5.41, 5.74) is 0. The molecule has 92 valence electrons. The molecule has 0 aromatic carbocycles. The molecule has 0 aromatic rings. The van der Waals surface area contributed by atoms with Gasteiger partial charge in [-0.2, -0.15) is 5.26 Å². The van der Waals surface area contributed by atoms with Crippen LogP contribution in [0.1, 0.15) is 51.9 Å². The first-order valence-electron chi connectivity index (χ1n) is 6.23. The predicted molar refractivity (Wildman–Crippen MR) is 64.7 cm³/mol. The third-order valence-electron chi connectivity index (χ3n) is 3.36. The molecule has 1 aliphatic rings. The summed E-state index contributed by atoms with van der Waals surface area (Å²) in [5, 5.41) is 8.66. The van der Waals surface area contributed by atoms with Gasteiger partial charge in [-0.05, 0) is 19.3 Å². The maximum absolute atomic E-state index is 12.1. The van der Waals surface area contributed by atoms with E-state index in [1.165, 1.54) is 0 Å². The summed E-state index contributed by atoms with van der Waals surface area (Å²) in [4.78, 5) is 0. The fourth-order valence-corrected chi connectivity index (χ4v) is 4.57. The maximum atomic E-state index is 12.1. The van der Waals surface area contributed by atoms with E-state index in [-0.39, 0.29) is 11.7 Å². The molecule has 16 heavy (non-hydrogen) atoms. The molecule has 1 aliphatic carbocycles. The molecule has 0 saturated heterocycles. The summed E-state index contributed by atoms with van der Waals surface area (Å²) in [5.74, 6) is -0.0174. The Hall–Kier alpha value is -0.560. The van der Waals surface area contributed by atoms with E-state index in [0.717, 1.165) is 38.5 Å². The largest absolute Gasteiger partial charge is 0.229 e. The van der Waals surface area contributed by atoms with Crippen LogP contribution in [0.4, 0.5) is 0 Å². The molecule has 0 radical (unpaired) electrons. The average molecular weight is 243 g/mol. The van der Waals surface area contributed by atoms with Gasteiger partial charge in [-0.25, -0.2) is 8.42 Å². The van der Waals surface area contributed by atoms with Gasteiger partial charge in [0.15, 0.2) is 9.84 Å². The van der Waals surface area contributed by atoms with E-state index in [1.807, 2.05) is 6.92 Å². The van der Waals surface area contributed by atoms with Crippen molar-refractivity contribution >= 4 is 9.84 Å². The van der Waals surface area contributed by atoms with Crippen LogP contribution < -0.4 is 0 Å². The Morgan fingerprint density at radius 3 is 2.56 bits per heavy atom. The lowest BCUT2D eigenvalue weighted by Crippen LogP contribution is -2.30. The fraction of sp³-hybridized carbons (Fsp3) is 0.917. The van der Waals surface area contributed by atoms with E-state index in [0.29, 0.717) is 6.42 Å². The molecular formula is C12H21NO2S. The third kappa shape index (κ3) is 3.48. The zero-order valence-electron chi connectivity index (χ0n) is 9.98. The van der Waals surface area contributed by atoms with E-state index >= 15 is 0 Å². The first-order valence-corrected chi connectivity index (χ1v) is 7.94. The van der Waals surface area contributed by atoms with Crippen LogP contribution in [0, 0.1) is 17.2 Å². The van der Waals surface area contributed by atoms with Crippen molar-refractivity contribution in [3.63, 3.8) is 0 Å². The highest BCUT2D eigenvalue weighted by atomic mass is 32.2. The predicted octanol–water partition coefficient (Wildman–Crippen LogP) is 2.67. The number of nitriles is 1. The molecule has 2 unspecified atom stereocenters. The minimum Gasteiger partial charge on any atom is -0.229 e. The SMILES string of the molecule is CCCCS(=O)(=O)C1CCCCCC1C#N. The maximum Gasteiger partial charge on any atom is 0.154 e. The molecule has 1 saturated carbocycles. The lowest BCUT2D eigenvalue weighted by atomic mass is 10.0.